The highest BCUT2D eigenvalue weighted by molar-refractivity contribution is 6.03. The third-order valence-electron chi connectivity index (χ3n) is 5.21. The first-order chi connectivity index (χ1) is 15.0. The number of aromatic amines is 1. The number of amides is 1. The minimum atomic E-state index is -0.324. The van der Waals surface area contributed by atoms with Gasteiger partial charge in [0.2, 0.25) is 0 Å². The van der Waals surface area contributed by atoms with E-state index in [1.54, 1.807) is 6.07 Å². The van der Waals surface area contributed by atoms with Crippen LogP contribution in [0.2, 0.25) is 0 Å². The molecule has 156 valence electrons. The Bertz CT molecular complexity index is 1240. The van der Waals surface area contributed by atoms with E-state index in [-0.39, 0.29) is 5.91 Å². The number of hydrogen-bond donors (Lipinski definition) is 2. The zero-order valence-electron chi connectivity index (χ0n) is 18.0. The molecular weight excluding hydrogens is 384 g/mol. The van der Waals surface area contributed by atoms with Gasteiger partial charge in [-0.3, -0.25) is 9.89 Å². The van der Waals surface area contributed by atoms with Crippen molar-refractivity contribution in [1.29, 1.82) is 0 Å². The number of nitrogens with zero attached hydrogens (tertiary/aromatic N) is 2. The standard InChI is InChI=1S/C26H26N4O/c1-17(2)14-19-8-10-21(11-9-19)24-16-25(29-28-24)26(31)30-27-18(3)22-13-12-20-6-4-5-7-23(20)15-22/h4-13,15-17H,14H2,1-3H3,(H,28,29)(H,30,31)/b27-18-. The molecule has 1 amide bonds. The van der Waals surface area contributed by atoms with Gasteiger partial charge >= 0.3 is 0 Å². The van der Waals surface area contributed by atoms with Crippen molar-refractivity contribution < 1.29 is 4.79 Å². The molecule has 0 aliphatic carbocycles. The molecule has 31 heavy (non-hydrogen) atoms. The van der Waals surface area contributed by atoms with E-state index in [9.17, 15) is 4.79 Å². The number of fused-ring (bicyclic) bond motifs is 1. The molecule has 4 rings (SSSR count). The van der Waals surface area contributed by atoms with Gasteiger partial charge in [0.25, 0.3) is 5.91 Å². The Morgan fingerprint density at radius 3 is 2.48 bits per heavy atom. The van der Waals surface area contributed by atoms with Crippen LogP contribution in [0, 0.1) is 5.92 Å². The van der Waals surface area contributed by atoms with E-state index in [0.717, 1.165) is 34.3 Å². The third-order valence-corrected chi connectivity index (χ3v) is 5.21. The monoisotopic (exact) mass is 410 g/mol. The second-order valence-corrected chi connectivity index (χ2v) is 8.16. The predicted octanol–water partition coefficient (Wildman–Crippen LogP) is 5.58. The minimum Gasteiger partial charge on any atom is -0.272 e. The van der Waals surface area contributed by atoms with Crippen LogP contribution in [0.25, 0.3) is 22.0 Å². The SMILES string of the molecule is C/C(=N/NC(=O)c1cc(-c2ccc(CC(C)C)cc2)n[nH]1)c1ccc2ccccc2c1. The van der Waals surface area contributed by atoms with Crippen LogP contribution in [0.1, 0.15) is 42.4 Å². The summed E-state index contributed by atoms with van der Waals surface area (Å²) in [6, 6.07) is 24.3. The molecule has 0 saturated heterocycles. The average molecular weight is 411 g/mol. The lowest BCUT2D eigenvalue weighted by molar-refractivity contribution is 0.0950. The lowest BCUT2D eigenvalue weighted by Gasteiger charge is -2.05. The summed E-state index contributed by atoms with van der Waals surface area (Å²) in [5, 5.41) is 13.7. The van der Waals surface area contributed by atoms with Gasteiger partial charge in [0, 0.05) is 5.56 Å². The van der Waals surface area contributed by atoms with Crippen LogP contribution >= 0.6 is 0 Å². The first-order valence-corrected chi connectivity index (χ1v) is 10.5. The topological polar surface area (TPSA) is 70.1 Å². The fourth-order valence-corrected chi connectivity index (χ4v) is 3.54. The first kappa shape index (κ1) is 20.5. The molecule has 0 fully saturated rings. The third kappa shape index (κ3) is 4.89. The van der Waals surface area contributed by atoms with Crippen molar-refractivity contribution in [2.75, 3.05) is 0 Å². The zero-order chi connectivity index (χ0) is 21.8. The summed E-state index contributed by atoms with van der Waals surface area (Å²) in [7, 11) is 0. The summed E-state index contributed by atoms with van der Waals surface area (Å²) < 4.78 is 0. The number of hydrogen-bond acceptors (Lipinski definition) is 3. The lowest BCUT2D eigenvalue weighted by Crippen LogP contribution is -2.19. The molecule has 1 aromatic heterocycles. The van der Waals surface area contributed by atoms with Gasteiger partial charge in [-0.1, -0.05) is 74.5 Å². The molecule has 0 radical (unpaired) electrons. The second kappa shape index (κ2) is 8.96. The Morgan fingerprint density at radius 2 is 1.74 bits per heavy atom. The quantitative estimate of drug-likeness (QED) is 0.322. The molecule has 0 atom stereocenters. The number of aromatic nitrogens is 2. The van der Waals surface area contributed by atoms with Gasteiger partial charge in [0.1, 0.15) is 5.69 Å². The van der Waals surface area contributed by atoms with Crippen LogP contribution in [-0.2, 0) is 6.42 Å². The van der Waals surface area contributed by atoms with Gasteiger partial charge in [-0.15, -0.1) is 0 Å². The van der Waals surface area contributed by atoms with Gasteiger partial charge in [0.15, 0.2) is 0 Å². The van der Waals surface area contributed by atoms with E-state index in [1.165, 1.54) is 10.9 Å². The molecule has 0 spiro atoms. The van der Waals surface area contributed by atoms with Crippen molar-refractivity contribution in [1.82, 2.24) is 15.6 Å². The summed E-state index contributed by atoms with van der Waals surface area (Å²) in [6.45, 7) is 6.29. The summed E-state index contributed by atoms with van der Waals surface area (Å²) in [4.78, 5) is 12.5. The van der Waals surface area contributed by atoms with E-state index in [1.807, 2.05) is 37.3 Å². The Balaban J connectivity index is 1.44. The largest absolute Gasteiger partial charge is 0.289 e. The fourth-order valence-electron chi connectivity index (χ4n) is 3.54. The van der Waals surface area contributed by atoms with Crippen molar-refractivity contribution in [3.05, 3.63) is 89.6 Å². The smallest absolute Gasteiger partial charge is 0.272 e. The molecule has 1 heterocycles. The maximum Gasteiger partial charge on any atom is 0.289 e. The molecule has 4 aromatic rings. The Labute approximate surface area is 182 Å². The second-order valence-electron chi connectivity index (χ2n) is 8.16. The molecule has 0 aliphatic rings. The van der Waals surface area contributed by atoms with E-state index in [0.29, 0.717) is 11.6 Å². The van der Waals surface area contributed by atoms with E-state index >= 15 is 0 Å². The van der Waals surface area contributed by atoms with Gasteiger partial charge in [-0.2, -0.15) is 10.2 Å². The van der Waals surface area contributed by atoms with Gasteiger partial charge < -0.3 is 0 Å². The highest BCUT2D eigenvalue weighted by Gasteiger charge is 2.11. The fraction of sp³-hybridized carbons (Fsp3) is 0.192. The summed E-state index contributed by atoms with van der Waals surface area (Å²) in [5.41, 5.74) is 7.69. The highest BCUT2D eigenvalue weighted by atomic mass is 16.2. The van der Waals surface area contributed by atoms with Crippen molar-refractivity contribution in [2.45, 2.75) is 27.2 Å². The zero-order valence-corrected chi connectivity index (χ0v) is 18.0. The number of nitrogens with one attached hydrogen (secondary N) is 2. The van der Waals surface area contributed by atoms with Crippen molar-refractivity contribution >= 4 is 22.4 Å². The molecule has 5 heteroatoms. The number of hydrazone groups is 1. The first-order valence-electron chi connectivity index (χ1n) is 10.5. The van der Waals surface area contributed by atoms with E-state index < -0.39 is 0 Å². The molecule has 0 saturated carbocycles. The molecule has 0 aliphatic heterocycles. The van der Waals surface area contributed by atoms with Gasteiger partial charge in [-0.25, -0.2) is 5.43 Å². The number of carbonyl (C=O) groups excluding carboxylic acids is 1. The molecule has 0 unspecified atom stereocenters. The van der Waals surface area contributed by atoms with E-state index in [4.69, 9.17) is 0 Å². The van der Waals surface area contributed by atoms with Crippen LogP contribution in [0.5, 0.6) is 0 Å². The van der Waals surface area contributed by atoms with Crippen molar-refractivity contribution in [3.8, 4) is 11.3 Å². The highest BCUT2D eigenvalue weighted by Crippen LogP contribution is 2.20. The van der Waals surface area contributed by atoms with Crippen molar-refractivity contribution in [3.63, 3.8) is 0 Å². The van der Waals surface area contributed by atoms with Crippen LogP contribution in [-0.4, -0.2) is 21.8 Å². The van der Waals surface area contributed by atoms with Crippen LogP contribution < -0.4 is 5.43 Å². The van der Waals surface area contributed by atoms with Crippen LogP contribution in [0.3, 0.4) is 0 Å². The normalized spacial score (nSPS) is 11.8. The molecular formula is C26H26N4O. The number of benzene rings is 3. The van der Waals surface area contributed by atoms with Crippen LogP contribution in [0.4, 0.5) is 0 Å². The van der Waals surface area contributed by atoms with Gasteiger partial charge in [0.05, 0.1) is 11.4 Å². The summed E-state index contributed by atoms with van der Waals surface area (Å²) in [6.07, 6.45) is 1.04. The van der Waals surface area contributed by atoms with Crippen LogP contribution in [0.15, 0.2) is 77.9 Å². The maximum atomic E-state index is 12.5. The maximum absolute atomic E-state index is 12.5. The van der Waals surface area contributed by atoms with Gasteiger partial charge in [-0.05, 0) is 53.3 Å². The summed E-state index contributed by atoms with van der Waals surface area (Å²) in [5.74, 6) is 0.292. The van der Waals surface area contributed by atoms with Crippen molar-refractivity contribution in [2.24, 2.45) is 11.0 Å². The average Bonchev–Trinajstić information content (AvgIpc) is 3.27. The lowest BCUT2D eigenvalue weighted by atomic mass is 10.0. The molecule has 3 aromatic carbocycles. The molecule has 2 N–H and O–H groups in total. The molecule has 5 nitrogen and oxygen atoms in total. The number of carbonyl (C=O) groups is 1. The number of H-pyrrole nitrogens is 1. The minimum absolute atomic E-state index is 0.324. The molecule has 0 bridgehead atoms. The predicted molar refractivity (Wildman–Crippen MR) is 126 cm³/mol. The Hall–Kier alpha value is -3.73. The summed E-state index contributed by atoms with van der Waals surface area (Å²) >= 11 is 0. The van der Waals surface area contributed by atoms with E-state index in [2.05, 4.69) is 71.0 Å². The Morgan fingerprint density at radius 1 is 1.00 bits per heavy atom. The number of rotatable bonds is 6. The Kier molecular flexibility index (Phi) is 5.94.